The van der Waals surface area contributed by atoms with Crippen molar-refractivity contribution in [3.63, 3.8) is 0 Å². The van der Waals surface area contributed by atoms with Crippen molar-refractivity contribution in [2.45, 2.75) is 26.3 Å². The molecule has 0 aliphatic rings. The number of carboxylic acid groups (broad SMARTS) is 1. The van der Waals surface area contributed by atoms with E-state index < -0.39 is 17.9 Å². The first-order valence-electron chi connectivity index (χ1n) is 6.40. The number of rotatable bonds is 6. The number of nitrogens with one attached hydrogen (secondary N) is 2. The molecule has 0 saturated carbocycles. The number of carbonyl (C=O) groups excluding carboxylic acids is 2. The van der Waals surface area contributed by atoms with Crippen LogP contribution in [0.4, 0.5) is 4.79 Å². The predicted molar refractivity (Wildman–Crippen MR) is 77.9 cm³/mol. The van der Waals surface area contributed by atoms with Gasteiger partial charge >= 0.3 is 12.0 Å². The fourth-order valence-electron chi connectivity index (χ4n) is 1.69. The van der Waals surface area contributed by atoms with Gasteiger partial charge in [0.25, 0.3) is 0 Å². The Hall–Kier alpha value is -2.08. The van der Waals surface area contributed by atoms with Gasteiger partial charge in [0, 0.05) is 24.4 Å². The molecule has 1 rings (SSSR count). The zero-order valence-corrected chi connectivity index (χ0v) is 12.3. The number of amides is 3. The molecule has 0 bridgehead atoms. The Kier molecular flexibility index (Phi) is 6.68. The number of hydrogen-bond donors (Lipinski definition) is 3. The van der Waals surface area contributed by atoms with E-state index in [1.165, 1.54) is 0 Å². The van der Waals surface area contributed by atoms with Gasteiger partial charge in [-0.15, -0.1) is 0 Å². The number of hydrogen-bond acceptors (Lipinski definition) is 3. The normalized spacial score (nSPS) is 11.5. The number of benzene rings is 1. The van der Waals surface area contributed by atoms with Gasteiger partial charge in [-0.1, -0.05) is 30.7 Å². The third kappa shape index (κ3) is 7.31. The molecule has 1 unspecified atom stereocenters. The standard InChI is InChI=1S/C14H17ClN2O4/c1-9(7-13(19)20)6-12(18)17-14(21)16-8-10-2-4-11(15)5-3-10/h2-5,9H,6-8H2,1H3,(H,19,20)(H2,16,17,18,21). The largest absolute Gasteiger partial charge is 0.481 e. The molecule has 114 valence electrons. The number of carboxylic acids is 1. The van der Waals surface area contributed by atoms with E-state index in [-0.39, 0.29) is 25.3 Å². The first-order chi connectivity index (χ1) is 9.86. The fraction of sp³-hybridized carbons (Fsp3) is 0.357. The maximum absolute atomic E-state index is 11.5. The topological polar surface area (TPSA) is 95.5 Å². The van der Waals surface area contributed by atoms with Crippen LogP contribution in [0.3, 0.4) is 0 Å². The summed E-state index contributed by atoms with van der Waals surface area (Å²) in [6, 6.07) is 6.32. The van der Waals surface area contributed by atoms with E-state index in [9.17, 15) is 14.4 Å². The van der Waals surface area contributed by atoms with E-state index in [0.29, 0.717) is 5.02 Å². The van der Waals surface area contributed by atoms with Crippen molar-refractivity contribution in [1.29, 1.82) is 0 Å². The summed E-state index contributed by atoms with van der Waals surface area (Å²) in [6.45, 7) is 1.90. The fourth-order valence-corrected chi connectivity index (χ4v) is 1.82. The molecular weight excluding hydrogens is 296 g/mol. The maximum Gasteiger partial charge on any atom is 0.321 e. The highest BCUT2D eigenvalue weighted by Crippen LogP contribution is 2.09. The molecule has 0 fully saturated rings. The second kappa shape index (κ2) is 8.26. The summed E-state index contributed by atoms with van der Waals surface area (Å²) in [5.41, 5.74) is 0.848. The minimum absolute atomic E-state index is 0.0132. The van der Waals surface area contributed by atoms with Gasteiger partial charge in [-0.3, -0.25) is 14.9 Å². The van der Waals surface area contributed by atoms with Gasteiger partial charge in [0.2, 0.25) is 5.91 Å². The van der Waals surface area contributed by atoms with Crippen LogP contribution in [0.5, 0.6) is 0 Å². The van der Waals surface area contributed by atoms with E-state index in [0.717, 1.165) is 5.56 Å². The van der Waals surface area contributed by atoms with Crippen molar-refractivity contribution in [3.8, 4) is 0 Å². The molecule has 0 aromatic heterocycles. The Morgan fingerprint density at radius 1 is 1.19 bits per heavy atom. The average molecular weight is 313 g/mol. The lowest BCUT2D eigenvalue weighted by Gasteiger charge is -2.09. The number of imide groups is 1. The molecule has 1 atom stereocenters. The van der Waals surface area contributed by atoms with Crippen LogP contribution in [0, 0.1) is 5.92 Å². The molecule has 3 amide bonds. The number of halogens is 1. The predicted octanol–water partition coefficient (Wildman–Crippen LogP) is 2.17. The van der Waals surface area contributed by atoms with Crippen LogP contribution in [0.2, 0.25) is 5.02 Å². The number of urea groups is 1. The summed E-state index contributed by atoms with van der Waals surface area (Å²) in [5.74, 6) is -1.80. The van der Waals surface area contributed by atoms with Crippen LogP contribution in [-0.4, -0.2) is 23.0 Å². The average Bonchev–Trinajstić information content (AvgIpc) is 2.36. The van der Waals surface area contributed by atoms with Gasteiger partial charge in [-0.25, -0.2) is 4.79 Å². The zero-order valence-electron chi connectivity index (χ0n) is 11.6. The molecule has 21 heavy (non-hydrogen) atoms. The Balaban J connectivity index is 2.31. The third-order valence-electron chi connectivity index (χ3n) is 2.68. The lowest BCUT2D eigenvalue weighted by molar-refractivity contribution is -0.138. The molecule has 0 saturated heterocycles. The van der Waals surface area contributed by atoms with Gasteiger partial charge in [-0.2, -0.15) is 0 Å². The molecule has 0 heterocycles. The summed E-state index contributed by atoms with van der Waals surface area (Å²) in [4.78, 5) is 33.5. The molecule has 1 aromatic carbocycles. The summed E-state index contributed by atoms with van der Waals surface area (Å²) in [6.07, 6.45) is -0.125. The Labute approximate surface area is 127 Å². The Morgan fingerprint density at radius 2 is 1.81 bits per heavy atom. The van der Waals surface area contributed by atoms with E-state index in [1.807, 2.05) is 0 Å². The molecule has 0 spiro atoms. The molecule has 0 aliphatic carbocycles. The van der Waals surface area contributed by atoms with Crippen molar-refractivity contribution in [2.24, 2.45) is 5.92 Å². The third-order valence-corrected chi connectivity index (χ3v) is 2.93. The van der Waals surface area contributed by atoms with Gasteiger partial charge in [-0.05, 0) is 23.6 Å². The highest BCUT2D eigenvalue weighted by atomic mass is 35.5. The van der Waals surface area contributed by atoms with Gasteiger partial charge < -0.3 is 10.4 Å². The molecule has 0 radical (unpaired) electrons. The van der Waals surface area contributed by atoms with E-state index in [4.69, 9.17) is 16.7 Å². The van der Waals surface area contributed by atoms with Gasteiger partial charge in [0.05, 0.1) is 0 Å². The second-order valence-electron chi connectivity index (χ2n) is 4.76. The molecule has 0 aliphatic heterocycles. The lowest BCUT2D eigenvalue weighted by Crippen LogP contribution is -2.39. The SMILES string of the molecule is CC(CC(=O)O)CC(=O)NC(=O)NCc1ccc(Cl)cc1. The summed E-state index contributed by atoms with van der Waals surface area (Å²) in [5, 5.41) is 13.9. The summed E-state index contributed by atoms with van der Waals surface area (Å²) < 4.78 is 0. The number of carbonyl (C=O) groups is 3. The van der Waals surface area contributed by atoms with E-state index in [1.54, 1.807) is 31.2 Å². The van der Waals surface area contributed by atoms with Gasteiger partial charge in [0.15, 0.2) is 0 Å². The molecule has 6 nitrogen and oxygen atoms in total. The Bertz CT molecular complexity index is 516. The molecule has 1 aromatic rings. The van der Waals surface area contributed by atoms with Crippen LogP contribution in [0.15, 0.2) is 24.3 Å². The smallest absolute Gasteiger partial charge is 0.321 e. The van der Waals surface area contributed by atoms with E-state index in [2.05, 4.69) is 10.6 Å². The van der Waals surface area contributed by atoms with Crippen LogP contribution in [-0.2, 0) is 16.1 Å². The van der Waals surface area contributed by atoms with Crippen LogP contribution in [0.25, 0.3) is 0 Å². The molecule has 7 heteroatoms. The quantitative estimate of drug-likeness (QED) is 0.750. The molecule has 3 N–H and O–H groups in total. The summed E-state index contributed by atoms with van der Waals surface area (Å²) in [7, 11) is 0. The first kappa shape index (κ1) is 17.0. The maximum atomic E-state index is 11.5. The van der Waals surface area contributed by atoms with Crippen LogP contribution in [0.1, 0.15) is 25.3 Å². The Morgan fingerprint density at radius 3 is 2.38 bits per heavy atom. The lowest BCUT2D eigenvalue weighted by atomic mass is 10.0. The van der Waals surface area contributed by atoms with Crippen molar-refractivity contribution >= 4 is 29.5 Å². The summed E-state index contributed by atoms with van der Waals surface area (Å²) >= 11 is 5.74. The van der Waals surface area contributed by atoms with Crippen molar-refractivity contribution in [1.82, 2.24) is 10.6 Å². The minimum atomic E-state index is -0.970. The van der Waals surface area contributed by atoms with E-state index >= 15 is 0 Å². The molecular formula is C14H17ClN2O4. The highest BCUT2D eigenvalue weighted by molar-refractivity contribution is 6.30. The van der Waals surface area contributed by atoms with Crippen LogP contribution >= 0.6 is 11.6 Å². The number of aliphatic carboxylic acids is 1. The van der Waals surface area contributed by atoms with Crippen molar-refractivity contribution < 1.29 is 19.5 Å². The zero-order chi connectivity index (χ0) is 15.8. The van der Waals surface area contributed by atoms with Crippen molar-refractivity contribution in [2.75, 3.05) is 0 Å². The van der Waals surface area contributed by atoms with Gasteiger partial charge in [0.1, 0.15) is 0 Å². The first-order valence-corrected chi connectivity index (χ1v) is 6.78. The highest BCUT2D eigenvalue weighted by Gasteiger charge is 2.14. The monoisotopic (exact) mass is 312 g/mol. The van der Waals surface area contributed by atoms with Crippen molar-refractivity contribution in [3.05, 3.63) is 34.9 Å². The second-order valence-corrected chi connectivity index (χ2v) is 5.20. The van der Waals surface area contributed by atoms with Crippen LogP contribution < -0.4 is 10.6 Å². The minimum Gasteiger partial charge on any atom is -0.481 e.